The van der Waals surface area contributed by atoms with Crippen LogP contribution in [0.2, 0.25) is 0 Å². The molecular weight excluding hydrogens is 308 g/mol. The zero-order valence-electron chi connectivity index (χ0n) is 15.0. The van der Waals surface area contributed by atoms with E-state index >= 15 is 0 Å². The van der Waals surface area contributed by atoms with Crippen LogP contribution in [0.15, 0.2) is 24.4 Å². The lowest BCUT2D eigenvalue weighted by Crippen LogP contribution is -2.22. The summed E-state index contributed by atoms with van der Waals surface area (Å²) in [6, 6.07) is 4.77. The number of ether oxygens (including phenoxy) is 1. The molecule has 1 aromatic carbocycles. The monoisotopic (exact) mass is 332 g/mol. The summed E-state index contributed by atoms with van der Waals surface area (Å²) < 4.78 is 7.06. The van der Waals surface area contributed by atoms with E-state index in [9.17, 15) is 10.1 Å². The second kappa shape index (κ2) is 6.51. The van der Waals surface area contributed by atoms with E-state index in [1.807, 2.05) is 24.7 Å². The highest BCUT2D eigenvalue weighted by atomic mass is 16.6. The minimum Gasteiger partial charge on any atom is -0.490 e. The number of aryl methyl sites for hydroxylation is 1. The Morgan fingerprint density at radius 1 is 1.38 bits per heavy atom. The second-order valence-electron chi connectivity index (χ2n) is 6.80. The number of methoxy groups -OCH3 is 1. The minimum absolute atomic E-state index is 0.00672. The van der Waals surface area contributed by atoms with Gasteiger partial charge in [0.05, 0.1) is 29.3 Å². The van der Waals surface area contributed by atoms with Crippen molar-refractivity contribution in [2.45, 2.75) is 46.2 Å². The Morgan fingerprint density at radius 3 is 2.54 bits per heavy atom. The van der Waals surface area contributed by atoms with E-state index in [0.29, 0.717) is 0 Å². The molecule has 0 amide bonds. The van der Waals surface area contributed by atoms with Crippen LogP contribution in [0.3, 0.4) is 0 Å². The van der Waals surface area contributed by atoms with Gasteiger partial charge in [0, 0.05) is 29.6 Å². The van der Waals surface area contributed by atoms with Crippen LogP contribution in [-0.2, 0) is 5.54 Å². The lowest BCUT2D eigenvalue weighted by molar-refractivity contribution is -0.385. The number of hydrogen-bond donors (Lipinski definition) is 1. The van der Waals surface area contributed by atoms with Crippen molar-refractivity contribution in [3.63, 3.8) is 0 Å². The second-order valence-corrected chi connectivity index (χ2v) is 6.80. The van der Waals surface area contributed by atoms with E-state index in [1.54, 1.807) is 12.1 Å². The third kappa shape index (κ3) is 3.67. The van der Waals surface area contributed by atoms with Crippen molar-refractivity contribution in [3.8, 4) is 5.75 Å². The van der Waals surface area contributed by atoms with Crippen molar-refractivity contribution >= 4 is 11.4 Å². The van der Waals surface area contributed by atoms with Gasteiger partial charge < -0.3 is 10.1 Å². The molecule has 1 N–H and O–H groups in total. The molecule has 24 heavy (non-hydrogen) atoms. The smallest absolute Gasteiger partial charge is 0.311 e. The maximum absolute atomic E-state index is 11.0. The van der Waals surface area contributed by atoms with Crippen LogP contribution in [0, 0.1) is 17.0 Å². The fraction of sp³-hybridized carbons (Fsp3) is 0.471. The van der Waals surface area contributed by atoms with Gasteiger partial charge in [-0.25, -0.2) is 0 Å². The number of nitro benzene ring substituents is 1. The molecule has 0 fully saturated rings. The van der Waals surface area contributed by atoms with E-state index in [4.69, 9.17) is 4.74 Å². The topological polar surface area (TPSA) is 82.2 Å². The number of aromatic nitrogens is 2. The first-order chi connectivity index (χ1) is 11.1. The Morgan fingerprint density at radius 2 is 2.04 bits per heavy atom. The normalized spacial score (nSPS) is 12.8. The van der Waals surface area contributed by atoms with Crippen LogP contribution < -0.4 is 10.1 Å². The van der Waals surface area contributed by atoms with Gasteiger partial charge in [0.2, 0.25) is 0 Å². The Bertz CT molecular complexity index is 747. The van der Waals surface area contributed by atoms with Crippen molar-refractivity contribution < 1.29 is 9.66 Å². The highest BCUT2D eigenvalue weighted by Crippen LogP contribution is 2.32. The van der Waals surface area contributed by atoms with Crippen LogP contribution in [0.5, 0.6) is 5.75 Å². The van der Waals surface area contributed by atoms with Crippen molar-refractivity contribution in [1.29, 1.82) is 0 Å². The number of rotatable bonds is 5. The van der Waals surface area contributed by atoms with E-state index in [2.05, 4.69) is 31.2 Å². The van der Waals surface area contributed by atoms with Gasteiger partial charge in [-0.3, -0.25) is 14.8 Å². The number of anilines is 1. The summed E-state index contributed by atoms with van der Waals surface area (Å²) in [4.78, 5) is 10.5. The predicted octanol–water partition coefficient (Wildman–Crippen LogP) is 4.04. The molecule has 2 aromatic rings. The van der Waals surface area contributed by atoms with Gasteiger partial charge in [-0.15, -0.1) is 0 Å². The molecule has 0 radical (unpaired) electrons. The van der Waals surface area contributed by atoms with E-state index < -0.39 is 4.92 Å². The fourth-order valence-electron chi connectivity index (χ4n) is 2.49. The van der Waals surface area contributed by atoms with Gasteiger partial charge in [0.25, 0.3) is 0 Å². The molecule has 0 saturated carbocycles. The number of nitrogens with one attached hydrogen (secondary N) is 1. The van der Waals surface area contributed by atoms with Crippen molar-refractivity contribution in [2.75, 3.05) is 12.4 Å². The first kappa shape index (κ1) is 17.8. The maximum atomic E-state index is 11.0. The van der Waals surface area contributed by atoms with E-state index in [-0.39, 0.29) is 23.0 Å². The molecule has 0 spiro atoms. The molecule has 130 valence electrons. The van der Waals surface area contributed by atoms with Gasteiger partial charge >= 0.3 is 5.69 Å². The van der Waals surface area contributed by atoms with Gasteiger partial charge in [-0.1, -0.05) is 0 Å². The highest BCUT2D eigenvalue weighted by Gasteiger charge is 2.20. The molecule has 0 aliphatic rings. The summed E-state index contributed by atoms with van der Waals surface area (Å²) in [5.74, 6) is 0.235. The summed E-state index contributed by atoms with van der Waals surface area (Å²) in [5, 5.41) is 18.9. The molecule has 1 unspecified atom stereocenters. The van der Waals surface area contributed by atoms with Crippen LogP contribution in [-0.4, -0.2) is 21.8 Å². The van der Waals surface area contributed by atoms with Crippen molar-refractivity contribution in [1.82, 2.24) is 9.78 Å². The molecule has 1 aromatic heterocycles. The fourth-order valence-corrected chi connectivity index (χ4v) is 2.49. The Labute approximate surface area is 141 Å². The molecular formula is C17H24N4O3. The molecule has 0 saturated heterocycles. The Hall–Kier alpha value is -2.57. The Balaban J connectivity index is 2.25. The molecule has 0 bridgehead atoms. The van der Waals surface area contributed by atoms with Crippen LogP contribution in [0.4, 0.5) is 11.4 Å². The summed E-state index contributed by atoms with van der Waals surface area (Å²) in [7, 11) is 1.42. The molecule has 1 heterocycles. The van der Waals surface area contributed by atoms with Crippen molar-refractivity contribution in [3.05, 3.63) is 45.8 Å². The third-order valence-corrected chi connectivity index (χ3v) is 3.85. The zero-order chi connectivity index (χ0) is 18.1. The first-order valence-electron chi connectivity index (χ1n) is 7.79. The number of benzene rings is 1. The third-order valence-electron chi connectivity index (χ3n) is 3.85. The highest BCUT2D eigenvalue weighted by molar-refractivity contribution is 5.58. The quantitative estimate of drug-likeness (QED) is 0.660. The number of hydrogen-bond acceptors (Lipinski definition) is 5. The molecule has 7 nitrogen and oxygen atoms in total. The minimum atomic E-state index is -0.455. The maximum Gasteiger partial charge on any atom is 0.311 e. The van der Waals surface area contributed by atoms with E-state index in [0.717, 1.165) is 16.9 Å². The average molecular weight is 332 g/mol. The first-order valence-corrected chi connectivity index (χ1v) is 7.79. The Kier molecular flexibility index (Phi) is 4.82. The summed E-state index contributed by atoms with van der Waals surface area (Å²) in [6.07, 6.45) is 2.04. The van der Waals surface area contributed by atoms with Gasteiger partial charge in [0.1, 0.15) is 0 Å². The molecule has 0 aliphatic heterocycles. The predicted molar refractivity (Wildman–Crippen MR) is 93.6 cm³/mol. The van der Waals surface area contributed by atoms with Gasteiger partial charge in [-0.05, 0) is 40.7 Å². The van der Waals surface area contributed by atoms with Crippen LogP contribution in [0.1, 0.15) is 45.0 Å². The van der Waals surface area contributed by atoms with Crippen molar-refractivity contribution in [2.24, 2.45) is 0 Å². The van der Waals surface area contributed by atoms with Gasteiger partial charge in [0.15, 0.2) is 5.75 Å². The molecule has 0 aliphatic carbocycles. The van der Waals surface area contributed by atoms with E-state index in [1.165, 1.54) is 13.2 Å². The summed E-state index contributed by atoms with van der Waals surface area (Å²) in [5.41, 5.74) is 2.67. The lowest BCUT2D eigenvalue weighted by Gasteiger charge is -2.19. The molecule has 7 heteroatoms. The number of nitro groups is 1. The molecule has 2 rings (SSSR count). The van der Waals surface area contributed by atoms with Gasteiger partial charge in [-0.2, -0.15) is 5.10 Å². The number of nitrogens with zero attached hydrogens (tertiary/aromatic N) is 3. The standard InChI is InChI=1S/C17H24N4O3/c1-11(14-10-20(17(3,4)5)19-12(14)2)18-13-7-8-15(21(22)23)16(9-13)24-6/h7-11,18H,1-6H3. The molecule has 1 atom stereocenters. The average Bonchev–Trinajstić information content (AvgIpc) is 2.89. The van der Waals surface area contributed by atoms with Crippen LogP contribution in [0.25, 0.3) is 0 Å². The lowest BCUT2D eigenvalue weighted by atomic mass is 10.1. The SMILES string of the molecule is COc1cc(NC(C)c2cn(C(C)(C)C)nc2C)ccc1[N+](=O)[O-]. The summed E-state index contributed by atoms with van der Waals surface area (Å²) in [6.45, 7) is 10.3. The summed E-state index contributed by atoms with van der Waals surface area (Å²) >= 11 is 0. The largest absolute Gasteiger partial charge is 0.490 e. The zero-order valence-corrected chi connectivity index (χ0v) is 15.0. The van der Waals surface area contributed by atoms with Crippen LogP contribution >= 0.6 is 0 Å².